The summed E-state index contributed by atoms with van der Waals surface area (Å²) in [7, 11) is 0. The molecule has 1 aromatic rings. The molecule has 0 radical (unpaired) electrons. The Morgan fingerprint density at radius 2 is 1.73 bits per heavy atom. The van der Waals surface area contributed by atoms with Crippen molar-refractivity contribution in [1.82, 2.24) is 24.7 Å². The number of piperidine rings is 2. The van der Waals surface area contributed by atoms with Crippen molar-refractivity contribution in [3.63, 3.8) is 0 Å². The van der Waals surface area contributed by atoms with Gasteiger partial charge in [0.2, 0.25) is 5.95 Å². The zero-order valence-electron chi connectivity index (χ0n) is 20.7. The number of anilines is 2. The van der Waals surface area contributed by atoms with E-state index < -0.39 is 0 Å². The second-order valence-corrected chi connectivity index (χ2v) is 9.79. The summed E-state index contributed by atoms with van der Waals surface area (Å²) in [4.78, 5) is 31.1. The van der Waals surface area contributed by atoms with Crippen LogP contribution in [0.2, 0.25) is 0 Å². The predicted molar refractivity (Wildman–Crippen MR) is 134 cm³/mol. The molecular weight excluding hydrogens is 414 g/mol. The van der Waals surface area contributed by atoms with Crippen LogP contribution in [0.1, 0.15) is 65.2 Å². The van der Waals surface area contributed by atoms with Gasteiger partial charge in [0.15, 0.2) is 0 Å². The molecule has 3 fully saturated rings. The van der Waals surface area contributed by atoms with Gasteiger partial charge in [-0.25, -0.2) is 9.78 Å². The Morgan fingerprint density at radius 3 is 2.42 bits per heavy atom. The van der Waals surface area contributed by atoms with Crippen molar-refractivity contribution in [3.8, 4) is 0 Å². The van der Waals surface area contributed by atoms with Gasteiger partial charge in [-0.2, -0.15) is 4.98 Å². The molecule has 0 aromatic carbocycles. The second kappa shape index (κ2) is 11.9. The van der Waals surface area contributed by atoms with Crippen LogP contribution in [0.25, 0.3) is 0 Å². The Bertz CT molecular complexity index is 740. The molecule has 8 nitrogen and oxygen atoms in total. The molecule has 1 aromatic heterocycles. The van der Waals surface area contributed by atoms with Gasteiger partial charge in [0.25, 0.3) is 0 Å². The van der Waals surface area contributed by atoms with Gasteiger partial charge in [0.1, 0.15) is 5.82 Å². The number of amides is 2. The van der Waals surface area contributed by atoms with Gasteiger partial charge in [0, 0.05) is 64.1 Å². The average molecular weight is 458 g/mol. The molecule has 1 N–H and O–H groups in total. The number of carbonyl (C=O) groups excluding carboxylic acids is 1. The lowest BCUT2D eigenvalue weighted by Crippen LogP contribution is -2.53. The Labute approximate surface area is 199 Å². The van der Waals surface area contributed by atoms with Crippen LogP contribution in [-0.4, -0.2) is 95.1 Å². The summed E-state index contributed by atoms with van der Waals surface area (Å²) in [6, 6.07) is 3.21. The Kier molecular flexibility index (Phi) is 8.64. The van der Waals surface area contributed by atoms with Gasteiger partial charge < -0.3 is 20.0 Å². The fourth-order valence-corrected chi connectivity index (χ4v) is 5.65. The minimum absolute atomic E-state index is 0.207. The zero-order chi connectivity index (χ0) is 23.0. The monoisotopic (exact) mass is 457 g/mol. The van der Waals surface area contributed by atoms with Crippen LogP contribution in [0.5, 0.6) is 0 Å². The standard InChI is InChI=1S/C25H43N7O/c1-3-29(4-2)25(33)31-18-12-22(13-19-31)32-17-9-10-21(20-32)27-24-26-14-11-23(28-24)30-15-7-5-6-8-16-30/h11,14,21-22H,3-10,12-13,15-20H2,1-2H3,(H,26,27,28). The lowest BCUT2D eigenvalue weighted by Gasteiger charge is -2.43. The minimum atomic E-state index is 0.207. The first kappa shape index (κ1) is 24.0. The fourth-order valence-electron chi connectivity index (χ4n) is 5.65. The van der Waals surface area contributed by atoms with E-state index in [2.05, 4.69) is 40.0 Å². The summed E-state index contributed by atoms with van der Waals surface area (Å²) in [5.74, 6) is 1.83. The molecule has 2 amide bonds. The maximum absolute atomic E-state index is 12.7. The summed E-state index contributed by atoms with van der Waals surface area (Å²) in [6.45, 7) is 11.8. The topological polar surface area (TPSA) is 67.8 Å². The summed E-state index contributed by atoms with van der Waals surface area (Å²) in [5, 5.41) is 3.64. The van der Waals surface area contributed by atoms with Crippen LogP contribution >= 0.6 is 0 Å². The van der Waals surface area contributed by atoms with Crippen molar-refractivity contribution in [2.24, 2.45) is 0 Å². The Morgan fingerprint density at radius 1 is 1.00 bits per heavy atom. The van der Waals surface area contributed by atoms with Crippen LogP contribution in [0.15, 0.2) is 12.3 Å². The van der Waals surface area contributed by atoms with Crippen molar-refractivity contribution in [2.45, 2.75) is 77.3 Å². The maximum atomic E-state index is 12.7. The van der Waals surface area contributed by atoms with Gasteiger partial charge in [-0.3, -0.25) is 4.90 Å². The number of urea groups is 1. The molecule has 0 bridgehead atoms. The number of carbonyl (C=O) groups is 1. The molecule has 1 unspecified atom stereocenters. The van der Waals surface area contributed by atoms with E-state index in [0.29, 0.717) is 12.1 Å². The van der Waals surface area contributed by atoms with Gasteiger partial charge in [0.05, 0.1) is 0 Å². The summed E-state index contributed by atoms with van der Waals surface area (Å²) in [6.07, 6.45) is 11.6. The van der Waals surface area contributed by atoms with Crippen molar-refractivity contribution in [1.29, 1.82) is 0 Å². The van der Waals surface area contributed by atoms with E-state index in [0.717, 1.165) is 83.4 Å². The average Bonchev–Trinajstić information content (AvgIpc) is 3.15. The minimum Gasteiger partial charge on any atom is -0.356 e. The number of nitrogens with one attached hydrogen (secondary N) is 1. The summed E-state index contributed by atoms with van der Waals surface area (Å²) in [5.41, 5.74) is 0. The number of hydrogen-bond acceptors (Lipinski definition) is 6. The quantitative estimate of drug-likeness (QED) is 0.703. The van der Waals surface area contributed by atoms with E-state index >= 15 is 0 Å². The van der Waals surface area contributed by atoms with E-state index in [4.69, 9.17) is 4.98 Å². The molecule has 3 saturated heterocycles. The lowest BCUT2D eigenvalue weighted by atomic mass is 9.98. The highest BCUT2D eigenvalue weighted by atomic mass is 16.2. The molecule has 33 heavy (non-hydrogen) atoms. The molecular formula is C25H43N7O. The largest absolute Gasteiger partial charge is 0.356 e. The summed E-state index contributed by atoms with van der Waals surface area (Å²) >= 11 is 0. The van der Waals surface area contributed by atoms with E-state index in [1.165, 1.54) is 32.1 Å². The number of aromatic nitrogens is 2. The molecule has 3 aliphatic heterocycles. The SMILES string of the molecule is CCN(CC)C(=O)N1CCC(N2CCCC(Nc3nccc(N4CCCCCC4)n3)C2)CC1. The molecule has 0 saturated carbocycles. The van der Waals surface area contributed by atoms with Crippen molar-refractivity contribution in [3.05, 3.63) is 12.3 Å². The van der Waals surface area contributed by atoms with E-state index in [1.54, 1.807) is 0 Å². The number of nitrogens with zero attached hydrogens (tertiary/aromatic N) is 6. The Balaban J connectivity index is 1.29. The molecule has 4 rings (SSSR count). The highest BCUT2D eigenvalue weighted by molar-refractivity contribution is 5.74. The van der Waals surface area contributed by atoms with Gasteiger partial charge >= 0.3 is 6.03 Å². The molecule has 8 heteroatoms. The third-order valence-electron chi connectivity index (χ3n) is 7.64. The first-order valence-corrected chi connectivity index (χ1v) is 13.3. The van der Waals surface area contributed by atoms with E-state index in [-0.39, 0.29) is 6.03 Å². The first-order chi connectivity index (χ1) is 16.2. The normalized spacial score (nSPS) is 23.3. The maximum Gasteiger partial charge on any atom is 0.319 e. The molecule has 4 heterocycles. The smallest absolute Gasteiger partial charge is 0.319 e. The first-order valence-electron chi connectivity index (χ1n) is 13.3. The second-order valence-electron chi connectivity index (χ2n) is 9.79. The number of rotatable bonds is 6. The fraction of sp³-hybridized carbons (Fsp3) is 0.800. The van der Waals surface area contributed by atoms with Crippen LogP contribution in [0.3, 0.4) is 0 Å². The molecule has 0 spiro atoms. The van der Waals surface area contributed by atoms with Crippen molar-refractivity contribution < 1.29 is 4.79 Å². The van der Waals surface area contributed by atoms with Crippen LogP contribution in [0.4, 0.5) is 16.6 Å². The number of likely N-dealkylation sites (tertiary alicyclic amines) is 2. The zero-order valence-corrected chi connectivity index (χ0v) is 20.7. The van der Waals surface area contributed by atoms with E-state index in [9.17, 15) is 4.79 Å². The van der Waals surface area contributed by atoms with Gasteiger partial charge in [-0.15, -0.1) is 0 Å². The van der Waals surface area contributed by atoms with Gasteiger partial charge in [-0.1, -0.05) is 12.8 Å². The van der Waals surface area contributed by atoms with Crippen LogP contribution in [0, 0.1) is 0 Å². The van der Waals surface area contributed by atoms with E-state index in [1.807, 2.05) is 16.0 Å². The predicted octanol–water partition coefficient (Wildman–Crippen LogP) is 3.66. The lowest BCUT2D eigenvalue weighted by molar-refractivity contribution is 0.0870. The number of hydrogen-bond donors (Lipinski definition) is 1. The molecule has 1 atom stereocenters. The van der Waals surface area contributed by atoms with Crippen LogP contribution in [-0.2, 0) is 0 Å². The van der Waals surface area contributed by atoms with Crippen LogP contribution < -0.4 is 10.2 Å². The highest BCUT2D eigenvalue weighted by Gasteiger charge is 2.31. The summed E-state index contributed by atoms with van der Waals surface area (Å²) < 4.78 is 0. The third-order valence-corrected chi connectivity index (χ3v) is 7.64. The Hall–Kier alpha value is -2.09. The van der Waals surface area contributed by atoms with Gasteiger partial charge in [-0.05, 0) is 65.0 Å². The molecule has 184 valence electrons. The molecule has 0 aliphatic carbocycles. The van der Waals surface area contributed by atoms with Crippen molar-refractivity contribution in [2.75, 3.05) is 62.6 Å². The third kappa shape index (κ3) is 6.28. The van der Waals surface area contributed by atoms with Crippen molar-refractivity contribution >= 4 is 17.8 Å². The highest BCUT2D eigenvalue weighted by Crippen LogP contribution is 2.24. The molecule has 3 aliphatic rings.